The summed E-state index contributed by atoms with van der Waals surface area (Å²) in [5.74, 6) is 1.96. The van der Waals surface area contributed by atoms with Crippen LogP contribution >= 0.6 is 0 Å². The Morgan fingerprint density at radius 3 is 2.44 bits per heavy atom. The van der Waals surface area contributed by atoms with Crippen LogP contribution in [0.25, 0.3) is 16.9 Å². The zero-order valence-electron chi connectivity index (χ0n) is 15.0. The van der Waals surface area contributed by atoms with Crippen LogP contribution in [0.2, 0.25) is 0 Å². The first-order valence-corrected chi connectivity index (χ1v) is 8.46. The first kappa shape index (κ1) is 16.8. The summed E-state index contributed by atoms with van der Waals surface area (Å²) >= 11 is 0. The normalized spacial score (nSPS) is 11.2. The molecule has 0 N–H and O–H groups in total. The van der Waals surface area contributed by atoms with Gasteiger partial charge in [0.15, 0.2) is 5.82 Å². The van der Waals surface area contributed by atoms with E-state index in [9.17, 15) is 0 Å². The lowest BCUT2D eigenvalue weighted by molar-refractivity contribution is 0.404. The number of nitrogens with zero attached hydrogens (tertiary/aromatic N) is 4. The molecule has 2 aromatic carbocycles. The molecule has 0 spiro atoms. The number of rotatable bonds is 5. The van der Waals surface area contributed by atoms with Crippen molar-refractivity contribution in [3.8, 4) is 22.8 Å². The number of benzene rings is 2. The van der Waals surface area contributed by atoms with Crippen molar-refractivity contribution >= 4 is 17.2 Å². The van der Waals surface area contributed by atoms with Gasteiger partial charge in [-0.2, -0.15) is 0 Å². The van der Waals surface area contributed by atoms with Gasteiger partial charge in [0.2, 0.25) is 0 Å². The first-order chi connectivity index (χ1) is 13.3. The van der Waals surface area contributed by atoms with E-state index in [1.807, 2.05) is 65.2 Å². The van der Waals surface area contributed by atoms with Crippen LogP contribution in [0.1, 0.15) is 0 Å². The second-order valence-corrected chi connectivity index (χ2v) is 5.82. The van der Waals surface area contributed by atoms with Crippen molar-refractivity contribution in [2.75, 3.05) is 14.2 Å². The molecule has 0 saturated heterocycles. The van der Waals surface area contributed by atoms with Gasteiger partial charge >= 0.3 is 0 Å². The third-order valence-corrected chi connectivity index (χ3v) is 4.19. The summed E-state index contributed by atoms with van der Waals surface area (Å²) in [6.45, 7) is 0. The summed E-state index contributed by atoms with van der Waals surface area (Å²) in [4.78, 5) is 4.72. The zero-order chi connectivity index (χ0) is 18.6. The summed E-state index contributed by atoms with van der Waals surface area (Å²) in [5.41, 5.74) is 3.14. The van der Waals surface area contributed by atoms with Crippen LogP contribution in [0.15, 0.2) is 83.2 Å². The Morgan fingerprint density at radius 1 is 0.852 bits per heavy atom. The Bertz CT molecular complexity index is 1100. The molecule has 4 aromatic rings. The fourth-order valence-electron chi connectivity index (χ4n) is 2.84. The molecule has 6 heteroatoms. The summed E-state index contributed by atoms with van der Waals surface area (Å²) in [6.07, 6.45) is 1.92. The van der Waals surface area contributed by atoms with Crippen molar-refractivity contribution in [3.63, 3.8) is 0 Å². The lowest BCUT2D eigenvalue weighted by Gasteiger charge is -2.06. The van der Waals surface area contributed by atoms with Crippen LogP contribution in [-0.2, 0) is 0 Å². The Hall–Kier alpha value is -3.67. The molecule has 6 nitrogen and oxygen atoms in total. The maximum atomic E-state index is 5.39. The minimum atomic E-state index is 0.585. The van der Waals surface area contributed by atoms with E-state index in [2.05, 4.69) is 10.2 Å². The standard InChI is InChI=1S/C21H18N4O2/c1-26-16-11-12-18(27-2)17(14-16)23-24-21-20(15-8-4-3-5-9-15)22-19-10-6-7-13-25(19)21/h3-14H,1-2H3. The van der Waals surface area contributed by atoms with Crippen molar-refractivity contribution < 1.29 is 9.47 Å². The van der Waals surface area contributed by atoms with Gasteiger partial charge in [-0.3, -0.25) is 4.40 Å². The number of ether oxygens (including phenoxy) is 2. The summed E-state index contributed by atoms with van der Waals surface area (Å²) < 4.78 is 12.6. The van der Waals surface area contributed by atoms with Gasteiger partial charge in [0, 0.05) is 17.8 Å². The van der Waals surface area contributed by atoms with Crippen LogP contribution < -0.4 is 9.47 Å². The quantitative estimate of drug-likeness (QED) is 0.447. The van der Waals surface area contributed by atoms with Gasteiger partial charge in [0.1, 0.15) is 28.5 Å². The summed E-state index contributed by atoms with van der Waals surface area (Å²) in [7, 11) is 3.21. The second kappa shape index (κ2) is 7.29. The van der Waals surface area contributed by atoms with Crippen molar-refractivity contribution in [1.29, 1.82) is 0 Å². The molecule has 0 saturated carbocycles. The van der Waals surface area contributed by atoms with Crippen LogP contribution in [0.5, 0.6) is 11.5 Å². The maximum absolute atomic E-state index is 5.39. The van der Waals surface area contributed by atoms with Gasteiger partial charge in [-0.25, -0.2) is 4.98 Å². The molecule has 4 rings (SSSR count). The van der Waals surface area contributed by atoms with Gasteiger partial charge in [-0.05, 0) is 24.3 Å². The largest absolute Gasteiger partial charge is 0.497 e. The van der Waals surface area contributed by atoms with E-state index >= 15 is 0 Å². The minimum Gasteiger partial charge on any atom is -0.497 e. The molecule has 0 aliphatic rings. The smallest absolute Gasteiger partial charge is 0.187 e. The van der Waals surface area contributed by atoms with Gasteiger partial charge < -0.3 is 9.47 Å². The number of methoxy groups -OCH3 is 2. The third kappa shape index (κ3) is 3.25. The molecule has 0 aliphatic heterocycles. The van der Waals surface area contributed by atoms with Crippen molar-refractivity contribution in [1.82, 2.24) is 9.38 Å². The number of hydrogen-bond donors (Lipinski definition) is 0. The Kier molecular flexibility index (Phi) is 4.53. The molecule has 0 unspecified atom stereocenters. The Labute approximate surface area is 156 Å². The van der Waals surface area contributed by atoms with E-state index in [0.29, 0.717) is 23.0 Å². The number of fused-ring (bicyclic) bond motifs is 1. The highest BCUT2D eigenvalue weighted by molar-refractivity contribution is 5.74. The Balaban J connectivity index is 1.86. The van der Waals surface area contributed by atoms with E-state index in [1.54, 1.807) is 26.4 Å². The topological polar surface area (TPSA) is 60.5 Å². The van der Waals surface area contributed by atoms with E-state index in [-0.39, 0.29) is 0 Å². The van der Waals surface area contributed by atoms with Gasteiger partial charge in [-0.1, -0.05) is 36.4 Å². The van der Waals surface area contributed by atoms with Crippen LogP contribution in [0.4, 0.5) is 11.5 Å². The Morgan fingerprint density at radius 2 is 1.67 bits per heavy atom. The third-order valence-electron chi connectivity index (χ3n) is 4.19. The molecular weight excluding hydrogens is 340 g/mol. The number of aromatic nitrogens is 2. The van der Waals surface area contributed by atoms with Crippen molar-refractivity contribution in [3.05, 3.63) is 72.9 Å². The van der Waals surface area contributed by atoms with Gasteiger partial charge in [0.05, 0.1) is 14.2 Å². The fraction of sp³-hybridized carbons (Fsp3) is 0.0952. The molecule has 0 amide bonds. The molecule has 0 bridgehead atoms. The van der Waals surface area contributed by atoms with Gasteiger partial charge in [0.25, 0.3) is 0 Å². The lowest BCUT2D eigenvalue weighted by atomic mass is 10.1. The molecule has 0 fully saturated rings. The zero-order valence-corrected chi connectivity index (χ0v) is 15.0. The number of imidazole rings is 1. The first-order valence-electron chi connectivity index (χ1n) is 8.46. The molecule has 0 atom stereocenters. The molecule has 27 heavy (non-hydrogen) atoms. The maximum Gasteiger partial charge on any atom is 0.187 e. The lowest BCUT2D eigenvalue weighted by Crippen LogP contribution is -1.86. The van der Waals surface area contributed by atoms with Crippen molar-refractivity contribution in [2.24, 2.45) is 10.2 Å². The molecule has 134 valence electrons. The van der Waals surface area contributed by atoms with E-state index < -0.39 is 0 Å². The average molecular weight is 358 g/mol. The number of hydrogen-bond acceptors (Lipinski definition) is 5. The van der Waals surface area contributed by atoms with E-state index in [4.69, 9.17) is 14.5 Å². The molecule has 2 aromatic heterocycles. The highest BCUT2D eigenvalue weighted by Crippen LogP contribution is 2.35. The fourth-order valence-corrected chi connectivity index (χ4v) is 2.84. The average Bonchev–Trinajstić information content (AvgIpc) is 3.11. The highest BCUT2D eigenvalue weighted by atomic mass is 16.5. The summed E-state index contributed by atoms with van der Waals surface area (Å²) in [5, 5.41) is 8.94. The molecular formula is C21H18N4O2. The number of azo groups is 1. The summed E-state index contributed by atoms with van der Waals surface area (Å²) in [6, 6.07) is 21.2. The van der Waals surface area contributed by atoms with E-state index in [1.165, 1.54) is 0 Å². The monoisotopic (exact) mass is 358 g/mol. The van der Waals surface area contributed by atoms with Crippen LogP contribution in [0.3, 0.4) is 0 Å². The molecule has 0 radical (unpaired) electrons. The predicted octanol–water partition coefficient (Wildman–Crippen LogP) is 5.43. The number of pyridine rings is 1. The van der Waals surface area contributed by atoms with Crippen LogP contribution in [-0.4, -0.2) is 23.6 Å². The van der Waals surface area contributed by atoms with E-state index in [0.717, 1.165) is 16.9 Å². The van der Waals surface area contributed by atoms with Gasteiger partial charge in [-0.15, -0.1) is 10.2 Å². The molecule has 0 aliphatic carbocycles. The SMILES string of the molecule is COc1ccc(OC)c(N=Nc2c(-c3ccccc3)nc3ccccn23)c1. The minimum absolute atomic E-state index is 0.585. The predicted molar refractivity (Wildman–Crippen MR) is 104 cm³/mol. The van der Waals surface area contributed by atoms with Crippen molar-refractivity contribution in [2.45, 2.75) is 0 Å². The molecule has 2 heterocycles. The van der Waals surface area contributed by atoms with Crippen LogP contribution in [0, 0.1) is 0 Å². The second-order valence-electron chi connectivity index (χ2n) is 5.82. The highest BCUT2D eigenvalue weighted by Gasteiger charge is 2.14.